The Kier molecular flexibility index (Phi) is 5.48. The SMILES string of the molecule is CCC(N)C(N)(CCN)C(N)CC. The Labute approximate surface area is 81.0 Å². The first-order chi connectivity index (χ1) is 6.02. The van der Waals surface area contributed by atoms with E-state index in [0.29, 0.717) is 13.0 Å². The molecule has 0 aromatic heterocycles. The summed E-state index contributed by atoms with van der Waals surface area (Å²) < 4.78 is 0. The lowest BCUT2D eigenvalue weighted by molar-refractivity contribution is 0.256. The molecule has 4 heteroatoms. The highest BCUT2D eigenvalue weighted by molar-refractivity contribution is 5.01. The van der Waals surface area contributed by atoms with Crippen LogP contribution in [-0.2, 0) is 0 Å². The van der Waals surface area contributed by atoms with Crippen molar-refractivity contribution < 1.29 is 0 Å². The highest BCUT2D eigenvalue weighted by atomic mass is 14.9. The van der Waals surface area contributed by atoms with Gasteiger partial charge in [0.2, 0.25) is 0 Å². The third kappa shape index (κ3) is 2.91. The molecule has 0 rings (SSSR count). The number of rotatable bonds is 6. The third-order valence-corrected chi connectivity index (χ3v) is 2.84. The molecule has 80 valence electrons. The predicted molar refractivity (Wildman–Crippen MR) is 57.1 cm³/mol. The van der Waals surface area contributed by atoms with Gasteiger partial charge in [-0.05, 0) is 25.8 Å². The first kappa shape index (κ1) is 12.8. The Bertz CT molecular complexity index is 128. The van der Waals surface area contributed by atoms with Crippen molar-refractivity contribution in [3.8, 4) is 0 Å². The maximum Gasteiger partial charge on any atom is 0.0472 e. The van der Waals surface area contributed by atoms with Gasteiger partial charge in [-0.25, -0.2) is 0 Å². The molecule has 0 saturated carbocycles. The molecule has 13 heavy (non-hydrogen) atoms. The van der Waals surface area contributed by atoms with Crippen molar-refractivity contribution in [3.05, 3.63) is 0 Å². The van der Waals surface area contributed by atoms with Crippen molar-refractivity contribution in [1.82, 2.24) is 0 Å². The molecule has 0 aliphatic rings. The zero-order valence-corrected chi connectivity index (χ0v) is 8.79. The second-order valence-corrected chi connectivity index (χ2v) is 3.68. The molecule has 0 spiro atoms. The first-order valence-electron chi connectivity index (χ1n) is 5.03. The maximum atomic E-state index is 6.19. The van der Waals surface area contributed by atoms with E-state index in [9.17, 15) is 0 Å². The molecule has 0 aromatic rings. The fourth-order valence-corrected chi connectivity index (χ4v) is 1.66. The lowest BCUT2D eigenvalue weighted by Crippen LogP contribution is -2.65. The van der Waals surface area contributed by atoms with Gasteiger partial charge < -0.3 is 22.9 Å². The van der Waals surface area contributed by atoms with E-state index in [1.54, 1.807) is 0 Å². The fraction of sp³-hybridized carbons (Fsp3) is 1.00. The van der Waals surface area contributed by atoms with E-state index in [0.717, 1.165) is 12.8 Å². The van der Waals surface area contributed by atoms with Gasteiger partial charge >= 0.3 is 0 Å². The van der Waals surface area contributed by atoms with Crippen LogP contribution in [0.25, 0.3) is 0 Å². The van der Waals surface area contributed by atoms with Gasteiger partial charge in [-0.3, -0.25) is 0 Å². The standard InChI is InChI=1S/C9H24N4/c1-3-7(11)9(13,5-6-10)8(12)4-2/h7-8H,3-6,10-13H2,1-2H3. The smallest absolute Gasteiger partial charge is 0.0472 e. The second kappa shape index (κ2) is 5.54. The van der Waals surface area contributed by atoms with Gasteiger partial charge in [-0.1, -0.05) is 13.8 Å². The largest absolute Gasteiger partial charge is 0.330 e. The highest BCUT2D eigenvalue weighted by Crippen LogP contribution is 2.18. The molecule has 0 aliphatic heterocycles. The van der Waals surface area contributed by atoms with Gasteiger partial charge in [-0.15, -0.1) is 0 Å². The van der Waals surface area contributed by atoms with Crippen LogP contribution in [0.1, 0.15) is 33.1 Å². The van der Waals surface area contributed by atoms with Gasteiger partial charge in [0, 0.05) is 17.6 Å². The quantitative estimate of drug-likeness (QED) is 0.451. The minimum Gasteiger partial charge on any atom is -0.330 e. The van der Waals surface area contributed by atoms with E-state index >= 15 is 0 Å². The summed E-state index contributed by atoms with van der Waals surface area (Å²) in [4.78, 5) is 0. The Balaban J connectivity index is 4.50. The maximum absolute atomic E-state index is 6.19. The molecule has 4 nitrogen and oxygen atoms in total. The lowest BCUT2D eigenvalue weighted by atomic mass is 9.79. The molecule has 0 saturated heterocycles. The number of nitrogens with two attached hydrogens (primary N) is 4. The van der Waals surface area contributed by atoms with Crippen molar-refractivity contribution in [2.45, 2.75) is 50.7 Å². The third-order valence-electron chi connectivity index (χ3n) is 2.84. The molecule has 0 aliphatic carbocycles. The molecule has 0 aromatic carbocycles. The molecular formula is C9H24N4. The van der Waals surface area contributed by atoms with Gasteiger partial charge in [-0.2, -0.15) is 0 Å². The van der Waals surface area contributed by atoms with Crippen molar-refractivity contribution in [1.29, 1.82) is 0 Å². The topological polar surface area (TPSA) is 104 Å². The summed E-state index contributed by atoms with van der Waals surface area (Å²) >= 11 is 0. The van der Waals surface area contributed by atoms with Crippen molar-refractivity contribution in [2.75, 3.05) is 6.54 Å². The van der Waals surface area contributed by atoms with E-state index in [2.05, 4.69) is 0 Å². The average molecular weight is 188 g/mol. The molecule has 0 radical (unpaired) electrons. The summed E-state index contributed by atoms with van der Waals surface area (Å²) in [6, 6.07) is -0.128. The molecule has 2 atom stereocenters. The van der Waals surface area contributed by atoms with Crippen LogP contribution in [0, 0.1) is 0 Å². The van der Waals surface area contributed by atoms with Gasteiger partial charge in [0.1, 0.15) is 0 Å². The Hall–Kier alpha value is -0.160. The highest BCUT2D eigenvalue weighted by Gasteiger charge is 2.35. The Morgan fingerprint density at radius 2 is 1.46 bits per heavy atom. The monoisotopic (exact) mass is 188 g/mol. The Morgan fingerprint density at radius 1 is 1.08 bits per heavy atom. The summed E-state index contributed by atoms with van der Waals surface area (Å²) in [5.41, 5.74) is 23.1. The van der Waals surface area contributed by atoms with Crippen molar-refractivity contribution in [2.24, 2.45) is 22.9 Å². The van der Waals surface area contributed by atoms with Gasteiger partial charge in [0.25, 0.3) is 0 Å². The Morgan fingerprint density at radius 3 is 1.69 bits per heavy atom. The minimum atomic E-state index is -0.502. The van der Waals surface area contributed by atoms with E-state index in [1.165, 1.54) is 0 Å². The van der Waals surface area contributed by atoms with Crippen LogP contribution in [0.3, 0.4) is 0 Å². The van der Waals surface area contributed by atoms with Crippen LogP contribution in [0.5, 0.6) is 0 Å². The molecule has 8 N–H and O–H groups in total. The van der Waals surface area contributed by atoms with E-state index in [1.807, 2.05) is 13.8 Å². The molecule has 0 amide bonds. The molecule has 0 bridgehead atoms. The van der Waals surface area contributed by atoms with Crippen LogP contribution in [0.4, 0.5) is 0 Å². The molecule has 0 heterocycles. The van der Waals surface area contributed by atoms with Gasteiger partial charge in [0.15, 0.2) is 0 Å². The zero-order chi connectivity index (χ0) is 10.5. The molecule has 0 fully saturated rings. The van der Waals surface area contributed by atoms with Crippen molar-refractivity contribution in [3.63, 3.8) is 0 Å². The van der Waals surface area contributed by atoms with E-state index in [-0.39, 0.29) is 12.1 Å². The minimum absolute atomic E-state index is 0.0639. The average Bonchev–Trinajstić information content (AvgIpc) is 2.15. The van der Waals surface area contributed by atoms with E-state index in [4.69, 9.17) is 22.9 Å². The summed E-state index contributed by atoms with van der Waals surface area (Å²) in [7, 11) is 0. The summed E-state index contributed by atoms with van der Waals surface area (Å²) in [5.74, 6) is 0. The van der Waals surface area contributed by atoms with E-state index < -0.39 is 5.54 Å². The summed E-state index contributed by atoms with van der Waals surface area (Å²) in [6.45, 7) is 4.58. The number of hydrogen-bond donors (Lipinski definition) is 4. The number of hydrogen-bond acceptors (Lipinski definition) is 4. The summed E-state index contributed by atoms with van der Waals surface area (Å²) in [5, 5.41) is 0. The van der Waals surface area contributed by atoms with Crippen LogP contribution in [-0.4, -0.2) is 24.2 Å². The molecular weight excluding hydrogens is 164 g/mol. The normalized spacial score (nSPS) is 20.8. The predicted octanol–water partition coefficient (Wildman–Crippen LogP) is -0.493. The second-order valence-electron chi connectivity index (χ2n) is 3.68. The zero-order valence-electron chi connectivity index (χ0n) is 8.79. The van der Waals surface area contributed by atoms with Crippen molar-refractivity contribution >= 4 is 0 Å². The van der Waals surface area contributed by atoms with Crippen LogP contribution >= 0.6 is 0 Å². The van der Waals surface area contributed by atoms with Gasteiger partial charge in [0.05, 0.1) is 0 Å². The fourth-order valence-electron chi connectivity index (χ4n) is 1.66. The van der Waals surface area contributed by atoms with Crippen LogP contribution in [0.15, 0.2) is 0 Å². The van der Waals surface area contributed by atoms with Crippen LogP contribution in [0.2, 0.25) is 0 Å². The first-order valence-corrected chi connectivity index (χ1v) is 5.03. The van der Waals surface area contributed by atoms with Crippen LogP contribution < -0.4 is 22.9 Å². The molecule has 2 unspecified atom stereocenters. The lowest BCUT2D eigenvalue weighted by Gasteiger charge is -2.39. The summed E-state index contributed by atoms with van der Waals surface area (Å²) in [6.07, 6.45) is 2.37.